The molecule has 1 aliphatic rings. The summed E-state index contributed by atoms with van der Waals surface area (Å²) in [5, 5.41) is 0. The minimum atomic E-state index is -0.298. The highest BCUT2D eigenvalue weighted by Crippen LogP contribution is 2.37. The number of esters is 1. The maximum absolute atomic E-state index is 11.8. The second-order valence-electron chi connectivity index (χ2n) is 4.38. The number of benzene rings is 2. The van der Waals surface area contributed by atoms with Crippen LogP contribution in [0.25, 0.3) is 11.1 Å². The van der Waals surface area contributed by atoms with Gasteiger partial charge in [0.2, 0.25) is 0 Å². The van der Waals surface area contributed by atoms with E-state index in [1.165, 1.54) is 0 Å². The first-order chi connectivity index (χ1) is 9.29. The van der Waals surface area contributed by atoms with Crippen LogP contribution in [0.4, 0.5) is 0 Å². The maximum atomic E-state index is 11.8. The van der Waals surface area contributed by atoms with E-state index in [1.807, 2.05) is 36.4 Å². The SMILES string of the molecule is CCOC(=O)c1ccc2c(c1)-c1ccccc1CO2. The van der Waals surface area contributed by atoms with Gasteiger partial charge in [-0.15, -0.1) is 0 Å². The summed E-state index contributed by atoms with van der Waals surface area (Å²) in [4.78, 5) is 11.8. The van der Waals surface area contributed by atoms with E-state index in [-0.39, 0.29) is 5.97 Å². The van der Waals surface area contributed by atoms with E-state index in [9.17, 15) is 4.79 Å². The number of rotatable bonds is 2. The molecular weight excluding hydrogens is 240 g/mol. The quantitative estimate of drug-likeness (QED) is 0.770. The van der Waals surface area contributed by atoms with Gasteiger partial charge >= 0.3 is 5.97 Å². The van der Waals surface area contributed by atoms with Gasteiger partial charge in [0, 0.05) is 5.56 Å². The Labute approximate surface area is 111 Å². The summed E-state index contributed by atoms with van der Waals surface area (Å²) in [5.41, 5.74) is 3.76. The molecule has 1 heterocycles. The first-order valence-corrected chi connectivity index (χ1v) is 6.32. The van der Waals surface area contributed by atoms with Gasteiger partial charge in [0.25, 0.3) is 0 Å². The highest BCUT2D eigenvalue weighted by atomic mass is 16.5. The summed E-state index contributed by atoms with van der Waals surface area (Å²) >= 11 is 0. The van der Waals surface area contributed by atoms with Crippen molar-refractivity contribution in [2.24, 2.45) is 0 Å². The van der Waals surface area contributed by atoms with Crippen LogP contribution in [0.1, 0.15) is 22.8 Å². The van der Waals surface area contributed by atoms with Gasteiger partial charge in [0.05, 0.1) is 12.2 Å². The molecule has 0 saturated heterocycles. The van der Waals surface area contributed by atoms with Crippen LogP contribution in [0.5, 0.6) is 5.75 Å². The Morgan fingerprint density at radius 2 is 2.05 bits per heavy atom. The van der Waals surface area contributed by atoms with Gasteiger partial charge in [-0.1, -0.05) is 24.3 Å². The fraction of sp³-hybridized carbons (Fsp3) is 0.188. The molecule has 19 heavy (non-hydrogen) atoms. The van der Waals surface area contributed by atoms with Crippen LogP contribution in [-0.4, -0.2) is 12.6 Å². The van der Waals surface area contributed by atoms with E-state index in [0.29, 0.717) is 18.8 Å². The van der Waals surface area contributed by atoms with Crippen LogP contribution in [0.3, 0.4) is 0 Å². The van der Waals surface area contributed by atoms with Gasteiger partial charge in [0.15, 0.2) is 0 Å². The number of hydrogen-bond acceptors (Lipinski definition) is 3. The zero-order valence-corrected chi connectivity index (χ0v) is 10.7. The molecule has 2 aromatic carbocycles. The molecule has 96 valence electrons. The van der Waals surface area contributed by atoms with Gasteiger partial charge in [-0.25, -0.2) is 4.79 Å². The van der Waals surface area contributed by atoms with E-state index < -0.39 is 0 Å². The van der Waals surface area contributed by atoms with Crippen molar-refractivity contribution in [3.05, 3.63) is 53.6 Å². The van der Waals surface area contributed by atoms with E-state index in [0.717, 1.165) is 22.4 Å². The Kier molecular flexibility index (Phi) is 2.95. The Balaban J connectivity index is 2.08. The molecule has 0 atom stereocenters. The van der Waals surface area contributed by atoms with Crippen molar-refractivity contribution in [1.29, 1.82) is 0 Å². The summed E-state index contributed by atoms with van der Waals surface area (Å²) in [6.07, 6.45) is 0. The first-order valence-electron chi connectivity index (χ1n) is 6.32. The number of carbonyl (C=O) groups is 1. The molecule has 0 aliphatic carbocycles. The van der Waals surface area contributed by atoms with Crippen molar-refractivity contribution in [2.45, 2.75) is 13.5 Å². The molecule has 0 spiro atoms. The Hall–Kier alpha value is -2.29. The summed E-state index contributed by atoms with van der Waals surface area (Å²) < 4.78 is 10.7. The molecule has 0 aromatic heterocycles. The van der Waals surface area contributed by atoms with Gasteiger partial charge in [-0.05, 0) is 36.2 Å². The van der Waals surface area contributed by atoms with Gasteiger partial charge in [-0.3, -0.25) is 0 Å². The molecule has 0 amide bonds. The number of ether oxygens (including phenoxy) is 2. The van der Waals surface area contributed by atoms with Crippen molar-refractivity contribution < 1.29 is 14.3 Å². The second-order valence-corrected chi connectivity index (χ2v) is 4.38. The molecule has 1 aliphatic heterocycles. The van der Waals surface area contributed by atoms with Crippen molar-refractivity contribution in [3.63, 3.8) is 0 Å². The van der Waals surface area contributed by atoms with E-state index in [2.05, 4.69) is 0 Å². The zero-order chi connectivity index (χ0) is 13.2. The summed E-state index contributed by atoms with van der Waals surface area (Å²) in [6.45, 7) is 2.75. The first kappa shape index (κ1) is 11.8. The summed E-state index contributed by atoms with van der Waals surface area (Å²) in [6, 6.07) is 13.5. The molecule has 0 fully saturated rings. The fourth-order valence-electron chi connectivity index (χ4n) is 2.27. The van der Waals surface area contributed by atoms with Gasteiger partial charge < -0.3 is 9.47 Å². The number of fused-ring (bicyclic) bond motifs is 3. The Morgan fingerprint density at radius 3 is 2.89 bits per heavy atom. The lowest BCUT2D eigenvalue weighted by Crippen LogP contribution is -2.08. The molecule has 0 unspecified atom stereocenters. The molecule has 2 aromatic rings. The van der Waals surface area contributed by atoms with Crippen LogP contribution in [0, 0.1) is 0 Å². The average molecular weight is 254 g/mol. The number of carbonyl (C=O) groups excluding carboxylic acids is 1. The molecule has 3 rings (SSSR count). The fourth-order valence-corrected chi connectivity index (χ4v) is 2.27. The topological polar surface area (TPSA) is 35.5 Å². The van der Waals surface area contributed by atoms with Crippen molar-refractivity contribution in [1.82, 2.24) is 0 Å². The molecule has 0 radical (unpaired) electrons. The third kappa shape index (κ3) is 2.08. The molecule has 0 bridgehead atoms. The predicted octanol–water partition coefficient (Wildman–Crippen LogP) is 3.42. The van der Waals surface area contributed by atoms with Crippen molar-refractivity contribution in [2.75, 3.05) is 6.61 Å². The van der Waals surface area contributed by atoms with Crippen LogP contribution in [-0.2, 0) is 11.3 Å². The van der Waals surface area contributed by atoms with Gasteiger partial charge in [0.1, 0.15) is 12.4 Å². The van der Waals surface area contributed by atoms with Crippen LogP contribution in [0.15, 0.2) is 42.5 Å². The molecule has 0 N–H and O–H groups in total. The molecule has 0 saturated carbocycles. The van der Waals surface area contributed by atoms with Crippen molar-refractivity contribution in [3.8, 4) is 16.9 Å². The number of hydrogen-bond donors (Lipinski definition) is 0. The van der Waals surface area contributed by atoms with E-state index in [4.69, 9.17) is 9.47 Å². The Bertz CT molecular complexity index is 632. The monoisotopic (exact) mass is 254 g/mol. The second kappa shape index (κ2) is 4.76. The lowest BCUT2D eigenvalue weighted by atomic mass is 9.95. The molecule has 3 nitrogen and oxygen atoms in total. The largest absolute Gasteiger partial charge is 0.488 e. The zero-order valence-electron chi connectivity index (χ0n) is 10.7. The normalized spacial score (nSPS) is 12.1. The predicted molar refractivity (Wildman–Crippen MR) is 72.2 cm³/mol. The highest BCUT2D eigenvalue weighted by Gasteiger charge is 2.18. The van der Waals surface area contributed by atoms with Crippen LogP contribution in [0.2, 0.25) is 0 Å². The minimum Gasteiger partial charge on any atom is -0.488 e. The standard InChI is InChI=1S/C16H14O3/c1-2-18-16(17)11-7-8-15-14(9-11)13-6-4-3-5-12(13)10-19-15/h3-9H,2,10H2,1H3. The summed E-state index contributed by atoms with van der Waals surface area (Å²) in [7, 11) is 0. The molecular formula is C16H14O3. The summed E-state index contributed by atoms with van der Waals surface area (Å²) in [5.74, 6) is 0.514. The van der Waals surface area contributed by atoms with E-state index in [1.54, 1.807) is 13.0 Å². The maximum Gasteiger partial charge on any atom is 0.338 e. The highest BCUT2D eigenvalue weighted by molar-refractivity contribution is 5.92. The minimum absolute atomic E-state index is 0.298. The van der Waals surface area contributed by atoms with E-state index >= 15 is 0 Å². The average Bonchev–Trinajstić information content (AvgIpc) is 2.47. The Morgan fingerprint density at radius 1 is 1.21 bits per heavy atom. The lowest BCUT2D eigenvalue weighted by molar-refractivity contribution is 0.0526. The third-order valence-corrected chi connectivity index (χ3v) is 3.18. The van der Waals surface area contributed by atoms with Crippen LogP contribution < -0.4 is 4.74 Å². The third-order valence-electron chi connectivity index (χ3n) is 3.18. The van der Waals surface area contributed by atoms with Crippen molar-refractivity contribution >= 4 is 5.97 Å². The molecule has 3 heteroatoms. The lowest BCUT2D eigenvalue weighted by Gasteiger charge is -2.21. The van der Waals surface area contributed by atoms with Gasteiger partial charge in [-0.2, -0.15) is 0 Å². The van der Waals surface area contributed by atoms with Crippen LogP contribution >= 0.6 is 0 Å². The smallest absolute Gasteiger partial charge is 0.338 e.